The quantitative estimate of drug-likeness (QED) is 0.0698. The van der Waals surface area contributed by atoms with E-state index in [9.17, 15) is 19.2 Å². The standard InChI is InChI=1S/C10H12N2O2S2.C9H9BrN2O2S.C9H8N4OS2.C8H9NO.CH4S.Na/c1-4-14-9(13)6-5-7-8(12(6)2)11-10(15-3)16-7;1-3-14-8(13)5-4-6-7(12(5)2)11-9(10)15-6;1-13-5-4(3-10-12-8(5)14)6-7(13)11-9(15-2)16-6;1-9(7-10)8-5-3-2-4-6-8;1-2;/h5H,4H2,1-3H3;4H,3H2,1-2H3;3H,1-2H3,(H,12,14);2-7H,1H3;2H,1H3;/q;;;;;+1/p-1. The Morgan fingerprint density at radius 1 is 0.850 bits per heavy atom. The molecule has 0 atom stereocenters. The Labute approximate surface area is 402 Å². The average Bonchev–Trinajstić information content (AvgIpc) is 4.10. The molecule has 0 fully saturated rings. The molecule has 0 saturated carbocycles. The third kappa shape index (κ3) is 12.0. The zero-order valence-corrected chi connectivity index (χ0v) is 42.9. The van der Waals surface area contributed by atoms with Crippen molar-refractivity contribution in [1.29, 1.82) is 0 Å². The Morgan fingerprint density at radius 3 is 1.87 bits per heavy atom. The number of ether oxygens (including phenoxy) is 2. The van der Waals surface area contributed by atoms with Crippen molar-refractivity contribution in [3.05, 3.63) is 74.3 Å². The number of esters is 2. The second-order valence-electron chi connectivity index (χ2n) is 11.6. The van der Waals surface area contributed by atoms with Gasteiger partial charge in [0.15, 0.2) is 29.5 Å². The van der Waals surface area contributed by atoms with E-state index in [1.165, 1.54) is 16.2 Å². The van der Waals surface area contributed by atoms with Crippen LogP contribution in [0.1, 0.15) is 34.8 Å². The van der Waals surface area contributed by atoms with Crippen LogP contribution in [0.5, 0.6) is 0 Å². The number of benzene rings is 1. The van der Waals surface area contributed by atoms with Crippen molar-refractivity contribution >= 4 is 152 Å². The molecule has 1 N–H and O–H groups in total. The fraction of sp³-hybridized carbons (Fsp3) is 0.297. The molecule has 7 heterocycles. The number of rotatable bonds is 8. The number of hydrogen-bond donors (Lipinski definition) is 1. The first kappa shape index (κ1) is 51.2. The first-order chi connectivity index (χ1) is 28.4. The number of aromatic amines is 1. The molecule has 0 radical (unpaired) electrons. The minimum atomic E-state index is -0.304. The fourth-order valence-electron chi connectivity index (χ4n) is 5.33. The number of amides is 1. The van der Waals surface area contributed by atoms with Crippen LogP contribution in [0.2, 0.25) is 0 Å². The molecule has 0 unspecified atom stereocenters. The minimum absolute atomic E-state index is 0. The van der Waals surface area contributed by atoms with Crippen LogP contribution in [-0.4, -0.2) is 96.2 Å². The predicted molar refractivity (Wildman–Crippen MR) is 249 cm³/mol. The molecular weight excluding hydrogens is 962 g/mol. The Morgan fingerprint density at radius 2 is 1.37 bits per heavy atom. The van der Waals surface area contributed by atoms with Crippen LogP contribution in [0.4, 0.5) is 5.69 Å². The number of hydrogen-bond acceptors (Lipinski definition) is 16. The van der Waals surface area contributed by atoms with Crippen LogP contribution in [-0.2, 0) is 48.0 Å². The fourth-order valence-corrected chi connectivity index (χ4v) is 9.93. The van der Waals surface area contributed by atoms with E-state index in [2.05, 4.69) is 53.7 Å². The van der Waals surface area contributed by atoms with E-state index in [-0.39, 0.29) is 47.1 Å². The van der Waals surface area contributed by atoms with E-state index in [1.807, 2.05) is 67.6 Å². The molecule has 15 nitrogen and oxygen atoms in total. The molecule has 8 aromatic rings. The molecule has 1 amide bonds. The second kappa shape index (κ2) is 24.4. The molecule has 7 aromatic heterocycles. The van der Waals surface area contributed by atoms with Gasteiger partial charge in [0.25, 0.3) is 5.56 Å². The van der Waals surface area contributed by atoms with Crippen LogP contribution < -0.4 is 40.0 Å². The average molecular weight is 1000 g/mol. The van der Waals surface area contributed by atoms with Gasteiger partial charge in [0.1, 0.15) is 16.9 Å². The number of carbonyl (C=O) groups excluding carboxylic acids is 3. The maximum atomic E-state index is 11.7. The Hall–Kier alpha value is -3.19. The first-order valence-electron chi connectivity index (χ1n) is 17.3. The number of para-hydroxylation sites is 1. The normalized spacial score (nSPS) is 10.3. The number of fused-ring (bicyclic) bond motifs is 5. The summed E-state index contributed by atoms with van der Waals surface area (Å²) in [6.07, 6.45) is 8.03. The number of H-pyrrole nitrogens is 1. The zero-order valence-electron chi connectivity index (χ0n) is 34.5. The number of aryl methyl sites for hydroxylation is 3. The van der Waals surface area contributed by atoms with Crippen LogP contribution in [0.15, 0.2) is 66.1 Å². The van der Waals surface area contributed by atoms with Gasteiger partial charge in [-0.15, -0.1) is 34.0 Å². The summed E-state index contributed by atoms with van der Waals surface area (Å²) >= 11 is 15.3. The molecule has 0 aliphatic heterocycles. The molecule has 0 spiro atoms. The molecule has 0 saturated heterocycles. The molecule has 8 rings (SSSR count). The number of anilines is 1. The van der Waals surface area contributed by atoms with Crippen LogP contribution >= 0.6 is 73.5 Å². The molecule has 0 aliphatic rings. The van der Waals surface area contributed by atoms with E-state index in [0.29, 0.717) is 30.1 Å². The van der Waals surface area contributed by atoms with E-state index in [1.54, 1.807) is 102 Å². The number of aromatic nitrogens is 8. The van der Waals surface area contributed by atoms with Gasteiger partial charge in [-0.25, -0.2) is 29.6 Å². The molecule has 0 bridgehead atoms. The van der Waals surface area contributed by atoms with Crippen molar-refractivity contribution < 1.29 is 53.4 Å². The van der Waals surface area contributed by atoms with E-state index >= 15 is 0 Å². The second-order valence-corrected chi connectivity index (χ2v) is 18.0. The van der Waals surface area contributed by atoms with Crippen molar-refractivity contribution in [2.45, 2.75) is 22.5 Å². The van der Waals surface area contributed by atoms with E-state index in [0.717, 1.165) is 61.1 Å². The van der Waals surface area contributed by atoms with Crippen molar-refractivity contribution in [3.63, 3.8) is 0 Å². The zero-order chi connectivity index (χ0) is 43.4. The molecular formula is C37H41BrN9NaO6S6. The number of thiazole rings is 3. The van der Waals surface area contributed by atoms with Crippen molar-refractivity contribution in [2.24, 2.45) is 21.1 Å². The topological polar surface area (TPSA) is 172 Å². The van der Waals surface area contributed by atoms with Crippen molar-refractivity contribution in [1.82, 2.24) is 38.9 Å². The van der Waals surface area contributed by atoms with Gasteiger partial charge in [0, 0.05) is 39.3 Å². The molecule has 23 heteroatoms. The summed E-state index contributed by atoms with van der Waals surface area (Å²) < 4.78 is 21.1. The number of nitrogens with one attached hydrogen (secondary N) is 1. The van der Waals surface area contributed by atoms with Gasteiger partial charge in [0.05, 0.1) is 33.5 Å². The van der Waals surface area contributed by atoms with Crippen LogP contribution in [0, 0.1) is 0 Å². The van der Waals surface area contributed by atoms with Gasteiger partial charge in [-0.1, -0.05) is 41.7 Å². The summed E-state index contributed by atoms with van der Waals surface area (Å²) in [5, 5.41) is 7.15. The predicted octanol–water partition coefficient (Wildman–Crippen LogP) is 5.15. The maximum Gasteiger partial charge on any atom is 1.00 e. The molecule has 314 valence electrons. The summed E-state index contributed by atoms with van der Waals surface area (Å²) in [4.78, 5) is 59.7. The van der Waals surface area contributed by atoms with Crippen molar-refractivity contribution in [2.75, 3.05) is 43.9 Å². The van der Waals surface area contributed by atoms with Gasteiger partial charge >= 0.3 is 41.5 Å². The number of halogens is 1. The third-order valence-corrected chi connectivity index (χ3v) is 13.6. The van der Waals surface area contributed by atoms with E-state index < -0.39 is 0 Å². The SMILES string of the molecule is CCOC(=O)c1cc2sc(Br)nc2n1C.CCOC(=O)c1cc2sc(SC)nc2n1C.CN(C=O)c1ccccc1.CSc1nc2c(s1)c1cn[nH]c(=O)c1n2C.C[S-].[Na+]. The third-order valence-electron chi connectivity index (χ3n) is 8.07. The van der Waals surface area contributed by atoms with Gasteiger partial charge in [-0.3, -0.25) is 9.59 Å². The smallest absolute Gasteiger partial charge is 0.796 e. The molecule has 0 aliphatic carbocycles. The van der Waals surface area contributed by atoms with Crippen LogP contribution in [0.3, 0.4) is 0 Å². The number of thioether (sulfide) groups is 2. The van der Waals surface area contributed by atoms with Gasteiger partial charge < -0.3 is 40.7 Å². The number of nitrogens with zero attached hydrogens (tertiary/aromatic N) is 8. The molecule has 60 heavy (non-hydrogen) atoms. The molecule has 1 aromatic carbocycles. The van der Waals surface area contributed by atoms with Gasteiger partial charge in [-0.05, 0) is 66.6 Å². The van der Waals surface area contributed by atoms with Crippen molar-refractivity contribution in [3.8, 4) is 0 Å². The van der Waals surface area contributed by atoms with E-state index in [4.69, 9.17) is 9.47 Å². The summed E-state index contributed by atoms with van der Waals surface area (Å²) in [7, 11) is 7.21. The maximum absolute atomic E-state index is 11.7. The summed E-state index contributed by atoms with van der Waals surface area (Å²) in [6, 6.07) is 13.1. The first-order valence-corrected chi connectivity index (χ1v) is 23.8. The Balaban J connectivity index is 0.000000212. The Kier molecular flexibility index (Phi) is 20.8. The summed E-state index contributed by atoms with van der Waals surface area (Å²) in [5.74, 6) is -0.595. The Bertz CT molecular complexity index is 2720. The van der Waals surface area contributed by atoms with Gasteiger partial charge in [-0.2, -0.15) is 11.4 Å². The van der Waals surface area contributed by atoms with Crippen LogP contribution in [0.25, 0.3) is 41.9 Å². The summed E-state index contributed by atoms with van der Waals surface area (Å²) in [6.45, 7) is 4.36. The summed E-state index contributed by atoms with van der Waals surface area (Å²) in [5.41, 5.74) is 4.97. The van der Waals surface area contributed by atoms with Gasteiger partial charge in [0.2, 0.25) is 6.41 Å². The monoisotopic (exact) mass is 1000 g/mol. The minimum Gasteiger partial charge on any atom is -0.796 e. The number of carbonyl (C=O) groups is 3. The largest absolute Gasteiger partial charge is 1.00 e.